The van der Waals surface area contributed by atoms with Gasteiger partial charge in [0.05, 0.1) is 7.11 Å². The first-order valence-corrected chi connectivity index (χ1v) is 8.40. The van der Waals surface area contributed by atoms with Crippen molar-refractivity contribution in [2.75, 3.05) is 20.3 Å². The molecule has 0 spiro atoms. The van der Waals surface area contributed by atoms with Crippen molar-refractivity contribution in [3.8, 4) is 11.5 Å². The predicted octanol–water partition coefficient (Wildman–Crippen LogP) is 2.71. The Kier molecular flexibility index (Phi) is 5.65. The first-order valence-electron chi connectivity index (χ1n) is 6.54. The van der Waals surface area contributed by atoms with E-state index in [2.05, 4.69) is 4.72 Å². The van der Waals surface area contributed by atoms with Gasteiger partial charge < -0.3 is 9.47 Å². The van der Waals surface area contributed by atoms with Crippen molar-refractivity contribution in [2.24, 2.45) is 0 Å². The lowest BCUT2D eigenvalue weighted by Crippen LogP contribution is -2.28. The minimum atomic E-state index is -3.64. The van der Waals surface area contributed by atoms with Crippen LogP contribution in [-0.4, -0.2) is 28.7 Å². The second-order valence-electron chi connectivity index (χ2n) is 4.35. The number of para-hydroxylation sites is 1. The van der Waals surface area contributed by atoms with Crippen molar-refractivity contribution >= 4 is 21.6 Å². The van der Waals surface area contributed by atoms with Gasteiger partial charge in [-0.05, 0) is 36.4 Å². The molecule has 0 saturated heterocycles. The SMILES string of the molecule is COc1ccccc1S(=O)(=O)NCCOc1ccc(Cl)cc1. The van der Waals surface area contributed by atoms with Gasteiger partial charge in [-0.1, -0.05) is 23.7 Å². The Balaban J connectivity index is 1.91. The van der Waals surface area contributed by atoms with Crippen molar-refractivity contribution in [2.45, 2.75) is 4.90 Å². The second-order valence-corrected chi connectivity index (χ2v) is 6.52. The topological polar surface area (TPSA) is 64.6 Å². The van der Waals surface area contributed by atoms with Gasteiger partial charge in [-0.25, -0.2) is 13.1 Å². The normalized spacial score (nSPS) is 11.2. The summed E-state index contributed by atoms with van der Waals surface area (Å²) in [5, 5.41) is 0.615. The van der Waals surface area contributed by atoms with Crippen LogP contribution in [0.1, 0.15) is 0 Å². The molecular formula is C15H16ClNO4S. The predicted molar refractivity (Wildman–Crippen MR) is 85.1 cm³/mol. The average Bonchev–Trinajstić information content (AvgIpc) is 2.53. The van der Waals surface area contributed by atoms with Crippen molar-refractivity contribution in [3.63, 3.8) is 0 Å². The third-order valence-corrected chi connectivity index (χ3v) is 4.59. The van der Waals surface area contributed by atoms with Crippen molar-refractivity contribution in [1.29, 1.82) is 0 Å². The lowest BCUT2D eigenvalue weighted by atomic mass is 10.3. The maximum absolute atomic E-state index is 12.2. The molecule has 1 N–H and O–H groups in total. The molecule has 0 aliphatic heterocycles. The number of hydrogen-bond donors (Lipinski definition) is 1. The van der Waals surface area contributed by atoms with Gasteiger partial charge in [0.1, 0.15) is 23.0 Å². The van der Waals surface area contributed by atoms with Gasteiger partial charge in [0, 0.05) is 11.6 Å². The zero-order valence-corrected chi connectivity index (χ0v) is 13.5. The fourth-order valence-corrected chi connectivity index (χ4v) is 3.10. The first kappa shape index (κ1) is 16.6. The Labute approximate surface area is 134 Å². The maximum atomic E-state index is 12.2. The first-order chi connectivity index (χ1) is 10.5. The molecule has 0 aliphatic rings. The number of rotatable bonds is 7. The number of hydrogen-bond acceptors (Lipinski definition) is 4. The molecule has 0 radical (unpaired) electrons. The lowest BCUT2D eigenvalue weighted by Gasteiger charge is -2.11. The monoisotopic (exact) mass is 341 g/mol. The van der Waals surface area contributed by atoms with E-state index in [9.17, 15) is 8.42 Å². The van der Waals surface area contributed by atoms with E-state index >= 15 is 0 Å². The molecule has 0 aliphatic carbocycles. The van der Waals surface area contributed by atoms with Crippen LogP contribution in [0.3, 0.4) is 0 Å². The van der Waals surface area contributed by atoms with E-state index in [1.165, 1.54) is 13.2 Å². The van der Waals surface area contributed by atoms with Crippen LogP contribution in [-0.2, 0) is 10.0 Å². The van der Waals surface area contributed by atoms with Crippen LogP contribution < -0.4 is 14.2 Å². The number of methoxy groups -OCH3 is 1. The maximum Gasteiger partial charge on any atom is 0.244 e. The van der Waals surface area contributed by atoms with E-state index in [1.807, 2.05) is 0 Å². The number of sulfonamides is 1. The van der Waals surface area contributed by atoms with Gasteiger partial charge in [-0.3, -0.25) is 0 Å². The molecule has 0 aromatic heterocycles. The highest BCUT2D eigenvalue weighted by Gasteiger charge is 2.18. The smallest absolute Gasteiger partial charge is 0.244 e. The quantitative estimate of drug-likeness (QED) is 0.786. The van der Waals surface area contributed by atoms with Crippen molar-refractivity contribution in [3.05, 3.63) is 53.6 Å². The summed E-state index contributed by atoms with van der Waals surface area (Å²) in [7, 11) is -2.21. The van der Waals surface area contributed by atoms with Crippen LogP contribution >= 0.6 is 11.6 Å². The molecule has 0 bridgehead atoms. The summed E-state index contributed by atoms with van der Waals surface area (Å²) < 4.78 is 37.4. The van der Waals surface area contributed by atoms with Crippen molar-refractivity contribution in [1.82, 2.24) is 4.72 Å². The highest BCUT2D eigenvalue weighted by molar-refractivity contribution is 7.89. The molecule has 118 valence electrons. The summed E-state index contributed by atoms with van der Waals surface area (Å²) in [5.41, 5.74) is 0. The molecule has 0 fully saturated rings. The molecule has 0 unspecified atom stereocenters. The van der Waals surface area contributed by atoms with Crippen LogP contribution in [0.2, 0.25) is 5.02 Å². The van der Waals surface area contributed by atoms with Gasteiger partial charge in [0.2, 0.25) is 10.0 Å². The minimum absolute atomic E-state index is 0.101. The molecule has 0 saturated carbocycles. The third kappa shape index (κ3) is 4.37. The summed E-state index contributed by atoms with van der Waals surface area (Å²) >= 11 is 5.77. The fraction of sp³-hybridized carbons (Fsp3) is 0.200. The summed E-state index contributed by atoms with van der Waals surface area (Å²) in [6.45, 7) is 0.346. The number of ether oxygens (including phenoxy) is 2. The van der Waals surface area contributed by atoms with E-state index in [4.69, 9.17) is 21.1 Å². The zero-order chi connectivity index (χ0) is 16.0. The summed E-state index contributed by atoms with van der Waals surface area (Å²) in [6, 6.07) is 13.3. The molecule has 2 rings (SSSR count). The number of halogens is 1. The number of nitrogens with one attached hydrogen (secondary N) is 1. The molecule has 0 atom stereocenters. The molecule has 7 heteroatoms. The standard InChI is InChI=1S/C15H16ClNO4S/c1-20-14-4-2-3-5-15(14)22(18,19)17-10-11-21-13-8-6-12(16)7-9-13/h2-9,17H,10-11H2,1H3. The molecule has 2 aromatic carbocycles. The Morgan fingerprint density at radius 3 is 2.45 bits per heavy atom. The van der Waals surface area contributed by atoms with Crippen LogP contribution in [0.15, 0.2) is 53.4 Å². The van der Waals surface area contributed by atoms with Crippen LogP contribution in [0.5, 0.6) is 11.5 Å². The largest absolute Gasteiger partial charge is 0.495 e. The van der Waals surface area contributed by atoms with E-state index in [0.717, 1.165) is 0 Å². The molecule has 22 heavy (non-hydrogen) atoms. The Morgan fingerprint density at radius 1 is 1.09 bits per heavy atom. The molecular weight excluding hydrogens is 326 g/mol. The third-order valence-electron chi connectivity index (χ3n) is 2.84. The van der Waals surface area contributed by atoms with Crippen LogP contribution in [0.25, 0.3) is 0 Å². The van der Waals surface area contributed by atoms with Crippen LogP contribution in [0, 0.1) is 0 Å². The fourth-order valence-electron chi connectivity index (χ4n) is 1.79. The van der Waals surface area contributed by atoms with Gasteiger partial charge in [0.15, 0.2) is 0 Å². The molecule has 0 amide bonds. The van der Waals surface area contributed by atoms with Gasteiger partial charge in [-0.2, -0.15) is 0 Å². The van der Waals surface area contributed by atoms with E-state index in [-0.39, 0.29) is 18.0 Å². The number of benzene rings is 2. The van der Waals surface area contributed by atoms with E-state index in [0.29, 0.717) is 16.5 Å². The van der Waals surface area contributed by atoms with Gasteiger partial charge in [-0.15, -0.1) is 0 Å². The lowest BCUT2D eigenvalue weighted by molar-refractivity contribution is 0.322. The summed E-state index contributed by atoms with van der Waals surface area (Å²) in [6.07, 6.45) is 0. The average molecular weight is 342 g/mol. The highest BCUT2D eigenvalue weighted by atomic mass is 35.5. The minimum Gasteiger partial charge on any atom is -0.495 e. The highest BCUT2D eigenvalue weighted by Crippen LogP contribution is 2.22. The van der Waals surface area contributed by atoms with Gasteiger partial charge >= 0.3 is 0 Å². The van der Waals surface area contributed by atoms with E-state index in [1.54, 1.807) is 42.5 Å². The van der Waals surface area contributed by atoms with E-state index < -0.39 is 10.0 Å². The van der Waals surface area contributed by atoms with Gasteiger partial charge in [0.25, 0.3) is 0 Å². The second kappa shape index (κ2) is 7.49. The van der Waals surface area contributed by atoms with Crippen molar-refractivity contribution < 1.29 is 17.9 Å². The Morgan fingerprint density at radius 2 is 1.77 bits per heavy atom. The molecule has 2 aromatic rings. The summed E-state index contributed by atoms with van der Waals surface area (Å²) in [4.78, 5) is 0.101. The Hall–Kier alpha value is -1.76. The zero-order valence-electron chi connectivity index (χ0n) is 12.0. The van der Waals surface area contributed by atoms with Crippen LogP contribution in [0.4, 0.5) is 0 Å². The summed E-state index contributed by atoms with van der Waals surface area (Å²) in [5.74, 6) is 0.925. The Bertz CT molecular complexity index is 717. The molecule has 5 nitrogen and oxygen atoms in total. The molecule has 0 heterocycles.